The van der Waals surface area contributed by atoms with Gasteiger partial charge in [-0.2, -0.15) is 0 Å². The van der Waals surface area contributed by atoms with Crippen LogP contribution in [0.5, 0.6) is 0 Å². The third-order valence-electron chi connectivity index (χ3n) is 2.96. The van der Waals surface area contributed by atoms with Crippen molar-refractivity contribution in [2.75, 3.05) is 7.11 Å². The highest BCUT2D eigenvalue weighted by Crippen LogP contribution is 2.29. The zero-order chi connectivity index (χ0) is 12.3. The summed E-state index contributed by atoms with van der Waals surface area (Å²) < 4.78 is 4.62. The summed E-state index contributed by atoms with van der Waals surface area (Å²) >= 11 is 0. The van der Waals surface area contributed by atoms with Crippen molar-refractivity contribution in [1.29, 1.82) is 0 Å². The van der Waals surface area contributed by atoms with Crippen LogP contribution in [-0.2, 0) is 14.3 Å². The molecule has 0 aliphatic heterocycles. The Morgan fingerprint density at radius 3 is 2.71 bits per heavy atom. The number of Topliss-reactive ketones (excluding diaryl/α,β-unsaturated/α-hetero) is 1. The Balaban J connectivity index is 2.18. The van der Waals surface area contributed by atoms with Crippen molar-refractivity contribution in [3.8, 4) is 0 Å². The molecule has 0 bridgehead atoms. The van der Waals surface area contributed by atoms with Crippen molar-refractivity contribution in [2.24, 2.45) is 5.92 Å². The molecule has 0 radical (unpaired) electrons. The van der Waals surface area contributed by atoms with Crippen molar-refractivity contribution in [3.63, 3.8) is 0 Å². The molecule has 17 heavy (non-hydrogen) atoms. The number of allylic oxidation sites excluding steroid dienone is 1. The first-order valence-corrected chi connectivity index (χ1v) is 5.60. The molecular weight excluding hydrogens is 216 g/mol. The molecule has 1 aromatic rings. The fourth-order valence-electron chi connectivity index (χ4n) is 2.04. The highest BCUT2D eigenvalue weighted by atomic mass is 16.5. The third kappa shape index (κ3) is 2.44. The Morgan fingerprint density at radius 2 is 2.06 bits per heavy atom. The smallest absolute Gasteiger partial charge is 0.316 e. The van der Waals surface area contributed by atoms with Crippen LogP contribution in [0.2, 0.25) is 0 Å². The number of benzene rings is 1. The Morgan fingerprint density at radius 1 is 1.35 bits per heavy atom. The van der Waals surface area contributed by atoms with Gasteiger partial charge in [0.1, 0.15) is 5.92 Å². The van der Waals surface area contributed by atoms with Gasteiger partial charge >= 0.3 is 5.97 Å². The van der Waals surface area contributed by atoms with Crippen molar-refractivity contribution in [1.82, 2.24) is 0 Å². The lowest BCUT2D eigenvalue weighted by molar-refractivity contribution is -0.147. The normalized spacial score (nSPS) is 21.8. The molecule has 0 spiro atoms. The number of hydrogen-bond donors (Lipinski definition) is 0. The van der Waals surface area contributed by atoms with Crippen molar-refractivity contribution < 1.29 is 14.3 Å². The third-order valence-corrected chi connectivity index (χ3v) is 2.96. The highest BCUT2D eigenvalue weighted by molar-refractivity contribution is 6.12. The van der Waals surface area contributed by atoms with Gasteiger partial charge < -0.3 is 4.74 Å². The van der Waals surface area contributed by atoms with Crippen molar-refractivity contribution >= 4 is 17.8 Å². The van der Waals surface area contributed by atoms with Gasteiger partial charge in [-0.15, -0.1) is 0 Å². The lowest BCUT2D eigenvalue weighted by Gasteiger charge is -2.03. The maximum absolute atomic E-state index is 11.9. The van der Waals surface area contributed by atoms with Crippen LogP contribution in [0.1, 0.15) is 18.4 Å². The number of carbonyl (C=O) groups is 2. The minimum absolute atomic E-state index is 0.0966. The van der Waals surface area contributed by atoms with E-state index in [9.17, 15) is 9.59 Å². The summed E-state index contributed by atoms with van der Waals surface area (Å²) in [6, 6.07) is 9.64. The van der Waals surface area contributed by atoms with E-state index in [4.69, 9.17) is 0 Å². The second-order valence-corrected chi connectivity index (χ2v) is 4.06. The van der Waals surface area contributed by atoms with Gasteiger partial charge in [0.15, 0.2) is 5.78 Å². The molecule has 3 nitrogen and oxygen atoms in total. The fraction of sp³-hybridized carbons (Fsp3) is 0.286. The molecule has 0 amide bonds. The second kappa shape index (κ2) is 4.95. The molecule has 1 atom stereocenters. The zero-order valence-corrected chi connectivity index (χ0v) is 9.68. The first kappa shape index (κ1) is 11.6. The molecule has 1 aliphatic carbocycles. The van der Waals surface area contributed by atoms with Crippen LogP contribution >= 0.6 is 0 Å². The monoisotopic (exact) mass is 230 g/mol. The average molecular weight is 230 g/mol. The quantitative estimate of drug-likeness (QED) is 0.444. The van der Waals surface area contributed by atoms with Crippen LogP contribution in [0.15, 0.2) is 35.9 Å². The van der Waals surface area contributed by atoms with Gasteiger partial charge in [-0.3, -0.25) is 9.59 Å². The number of ether oxygens (including phenoxy) is 1. The number of carbonyl (C=O) groups excluding carboxylic acids is 2. The number of hydrogen-bond acceptors (Lipinski definition) is 3. The molecular formula is C14H14O3. The van der Waals surface area contributed by atoms with E-state index in [1.807, 2.05) is 36.4 Å². The van der Waals surface area contributed by atoms with Crippen LogP contribution in [0.4, 0.5) is 0 Å². The first-order chi connectivity index (χ1) is 8.22. The molecule has 1 aliphatic rings. The minimum atomic E-state index is -0.602. The van der Waals surface area contributed by atoms with Crippen LogP contribution in [0.25, 0.3) is 6.08 Å². The summed E-state index contributed by atoms with van der Waals surface area (Å²) in [5.74, 6) is -1.12. The molecule has 0 N–H and O–H groups in total. The van der Waals surface area contributed by atoms with Gasteiger partial charge in [-0.05, 0) is 30.1 Å². The SMILES string of the molecule is COC(=O)C1CC/C(=C\c2ccccc2)C1=O. The van der Waals surface area contributed by atoms with Crippen LogP contribution in [-0.4, -0.2) is 18.9 Å². The standard InChI is InChI=1S/C14H14O3/c1-17-14(16)12-8-7-11(13(12)15)9-10-5-3-2-4-6-10/h2-6,9,12H,7-8H2,1H3/b11-9+. The zero-order valence-electron chi connectivity index (χ0n) is 9.68. The van der Waals surface area contributed by atoms with Gasteiger partial charge in [0.05, 0.1) is 7.11 Å². The number of methoxy groups -OCH3 is 1. The molecule has 1 unspecified atom stereocenters. The Hall–Kier alpha value is -1.90. The minimum Gasteiger partial charge on any atom is -0.468 e. The largest absolute Gasteiger partial charge is 0.468 e. The number of esters is 1. The van der Waals surface area contributed by atoms with Gasteiger partial charge in [0.2, 0.25) is 0 Å². The topological polar surface area (TPSA) is 43.4 Å². The van der Waals surface area contributed by atoms with Crippen LogP contribution < -0.4 is 0 Å². The van der Waals surface area contributed by atoms with Crippen molar-refractivity contribution in [2.45, 2.75) is 12.8 Å². The summed E-state index contributed by atoms with van der Waals surface area (Å²) in [6.07, 6.45) is 3.06. The van der Waals surface area contributed by atoms with E-state index in [-0.39, 0.29) is 5.78 Å². The molecule has 3 heteroatoms. The van der Waals surface area contributed by atoms with E-state index in [0.717, 1.165) is 5.56 Å². The van der Waals surface area contributed by atoms with Crippen LogP contribution in [0, 0.1) is 5.92 Å². The molecule has 1 fully saturated rings. The lowest BCUT2D eigenvalue weighted by atomic mass is 10.1. The second-order valence-electron chi connectivity index (χ2n) is 4.06. The summed E-state index contributed by atoms with van der Waals surface area (Å²) in [6.45, 7) is 0. The molecule has 0 heterocycles. The summed E-state index contributed by atoms with van der Waals surface area (Å²) in [4.78, 5) is 23.3. The average Bonchev–Trinajstić information content (AvgIpc) is 2.72. The predicted octanol–water partition coefficient (Wildman–Crippen LogP) is 2.22. The molecule has 2 rings (SSSR count). The fourth-order valence-corrected chi connectivity index (χ4v) is 2.04. The van der Waals surface area contributed by atoms with E-state index in [0.29, 0.717) is 18.4 Å². The Labute approximate surface area is 100 Å². The van der Waals surface area contributed by atoms with Crippen LogP contribution in [0.3, 0.4) is 0 Å². The number of ketones is 1. The molecule has 1 aromatic carbocycles. The summed E-state index contributed by atoms with van der Waals surface area (Å²) in [5, 5.41) is 0. The summed E-state index contributed by atoms with van der Waals surface area (Å²) in [7, 11) is 1.31. The predicted molar refractivity (Wildman–Crippen MR) is 64.2 cm³/mol. The summed E-state index contributed by atoms with van der Waals surface area (Å²) in [5.41, 5.74) is 1.70. The van der Waals surface area contributed by atoms with E-state index in [2.05, 4.69) is 4.74 Å². The molecule has 0 aromatic heterocycles. The van der Waals surface area contributed by atoms with Gasteiger partial charge in [0, 0.05) is 0 Å². The lowest BCUT2D eigenvalue weighted by Crippen LogP contribution is -2.20. The van der Waals surface area contributed by atoms with Crippen molar-refractivity contribution in [3.05, 3.63) is 41.5 Å². The van der Waals surface area contributed by atoms with E-state index in [1.165, 1.54) is 7.11 Å². The van der Waals surface area contributed by atoms with Gasteiger partial charge in [-0.1, -0.05) is 30.3 Å². The van der Waals surface area contributed by atoms with Gasteiger partial charge in [-0.25, -0.2) is 0 Å². The molecule has 88 valence electrons. The van der Waals surface area contributed by atoms with E-state index in [1.54, 1.807) is 0 Å². The molecule has 0 saturated heterocycles. The van der Waals surface area contributed by atoms with E-state index >= 15 is 0 Å². The maximum atomic E-state index is 11.9. The first-order valence-electron chi connectivity index (χ1n) is 5.60. The Kier molecular flexibility index (Phi) is 3.38. The molecule has 1 saturated carbocycles. The van der Waals surface area contributed by atoms with E-state index < -0.39 is 11.9 Å². The Bertz CT molecular complexity index is 460. The van der Waals surface area contributed by atoms with Gasteiger partial charge in [0.25, 0.3) is 0 Å². The maximum Gasteiger partial charge on any atom is 0.316 e. The number of rotatable bonds is 2. The highest BCUT2D eigenvalue weighted by Gasteiger charge is 2.35.